The van der Waals surface area contributed by atoms with Gasteiger partial charge in [-0.1, -0.05) is 23.8 Å². The van der Waals surface area contributed by atoms with Gasteiger partial charge in [0.15, 0.2) is 0 Å². The van der Waals surface area contributed by atoms with Crippen LogP contribution in [0.25, 0.3) is 11.0 Å². The molecule has 0 N–H and O–H groups in total. The largest absolute Gasteiger partial charge is 0.321 e. The molecule has 4 rings (SSSR count). The van der Waals surface area contributed by atoms with Crippen molar-refractivity contribution in [2.24, 2.45) is 0 Å². The second kappa shape index (κ2) is 5.23. The summed E-state index contributed by atoms with van der Waals surface area (Å²) in [5, 5.41) is 0. The van der Waals surface area contributed by atoms with Gasteiger partial charge in [-0.15, -0.1) is 0 Å². The Kier molecular flexibility index (Phi) is 3.18. The Bertz CT molecular complexity index is 910. The molecule has 0 bridgehead atoms. The summed E-state index contributed by atoms with van der Waals surface area (Å²) in [4.78, 5) is 19.1. The van der Waals surface area contributed by atoms with Crippen LogP contribution in [0.5, 0.6) is 0 Å². The summed E-state index contributed by atoms with van der Waals surface area (Å²) in [6.45, 7) is 5.24. The lowest BCUT2D eigenvalue weighted by atomic mass is 10.1. The summed E-state index contributed by atoms with van der Waals surface area (Å²) in [7, 11) is 0. The smallest absolute Gasteiger partial charge is 0.246 e. The monoisotopic (exact) mass is 305 g/mol. The Morgan fingerprint density at radius 3 is 2.78 bits per heavy atom. The number of carbonyl (C=O) groups excluding carboxylic acids is 1. The number of carbonyl (C=O) groups is 1. The topological polar surface area (TPSA) is 38.1 Å². The molecule has 4 heteroatoms. The maximum atomic E-state index is 12.8. The molecule has 0 atom stereocenters. The van der Waals surface area contributed by atoms with Crippen LogP contribution in [0.1, 0.15) is 16.7 Å². The van der Waals surface area contributed by atoms with Crippen LogP contribution in [0, 0.1) is 13.8 Å². The highest BCUT2D eigenvalue weighted by molar-refractivity contribution is 5.96. The SMILES string of the molecule is Cc1ccc2c(c1)CCN2C(=O)Cn1cnc2ccc(C)cc21. The summed E-state index contributed by atoms with van der Waals surface area (Å²) < 4.78 is 1.94. The van der Waals surface area contributed by atoms with Crippen LogP contribution in [-0.4, -0.2) is 22.0 Å². The molecule has 0 fully saturated rings. The summed E-state index contributed by atoms with van der Waals surface area (Å²) in [5.41, 5.74) is 6.69. The van der Waals surface area contributed by atoms with Gasteiger partial charge in [-0.05, 0) is 49.6 Å². The average Bonchev–Trinajstić information content (AvgIpc) is 3.11. The standard InChI is InChI=1S/C19H19N3O/c1-13-4-6-17-15(9-13)7-8-22(17)19(23)11-21-12-20-16-5-3-14(2)10-18(16)21/h3-6,9-10,12H,7-8,11H2,1-2H3. The van der Waals surface area contributed by atoms with Crippen molar-refractivity contribution in [3.8, 4) is 0 Å². The lowest BCUT2D eigenvalue weighted by molar-refractivity contribution is -0.119. The Morgan fingerprint density at radius 2 is 1.91 bits per heavy atom. The third kappa shape index (κ3) is 2.40. The Morgan fingerprint density at radius 1 is 1.13 bits per heavy atom. The maximum absolute atomic E-state index is 12.8. The zero-order valence-corrected chi connectivity index (χ0v) is 13.4. The van der Waals surface area contributed by atoms with E-state index in [1.165, 1.54) is 16.7 Å². The van der Waals surface area contributed by atoms with E-state index in [9.17, 15) is 4.79 Å². The van der Waals surface area contributed by atoms with E-state index < -0.39 is 0 Å². The minimum atomic E-state index is 0.119. The van der Waals surface area contributed by atoms with E-state index in [1.54, 1.807) is 6.33 Å². The number of aromatic nitrogens is 2. The molecule has 0 unspecified atom stereocenters. The Balaban J connectivity index is 1.62. The van der Waals surface area contributed by atoms with Gasteiger partial charge in [0.1, 0.15) is 6.54 Å². The Labute approximate surface area is 135 Å². The van der Waals surface area contributed by atoms with Crippen LogP contribution < -0.4 is 4.90 Å². The molecular formula is C19H19N3O. The predicted octanol–water partition coefficient (Wildman–Crippen LogP) is 3.24. The first-order valence-corrected chi connectivity index (χ1v) is 7.93. The second-order valence-corrected chi connectivity index (χ2v) is 6.29. The molecule has 23 heavy (non-hydrogen) atoms. The number of hydrogen-bond donors (Lipinski definition) is 0. The van der Waals surface area contributed by atoms with Crippen molar-refractivity contribution in [1.29, 1.82) is 0 Å². The van der Waals surface area contributed by atoms with E-state index in [1.807, 2.05) is 21.6 Å². The minimum absolute atomic E-state index is 0.119. The summed E-state index contributed by atoms with van der Waals surface area (Å²) in [6, 6.07) is 12.4. The number of benzene rings is 2. The van der Waals surface area contributed by atoms with Gasteiger partial charge in [0.2, 0.25) is 5.91 Å². The van der Waals surface area contributed by atoms with Gasteiger partial charge in [-0.25, -0.2) is 4.98 Å². The first-order valence-electron chi connectivity index (χ1n) is 7.93. The van der Waals surface area contributed by atoms with Gasteiger partial charge in [0.05, 0.1) is 17.4 Å². The predicted molar refractivity (Wildman–Crippen MR) is 91.7 cm³/mol. The molecule has 0 radical (unpaired) electrons. The fourth-order valence-electron chi connectivity index (χ4n) is 3.31. The van der Waals surface area contributed by atoms with Crippen LogP contribution in [0.15, 0.2) is 42.7 Å². The molecule has 3 aromatic rings. The third-order valence-corrected chi connectivity index (χ3v) is 4.51. The van der Waals surface area contributed by atoms with Gasteiger partial charge >= 0.3 is 0 Å². The van der Waals surface area contributed by atoms with Crippen molar-refractivity contribution in [3.63, 3.8) is 0 Å². The normalized spacial score (nSPS) is 13.6. The molecule has 2 aromatic carbocycles. The van der Waals surface area contributed by atoms with Crippen molar-refractivity contribution >= 4 is 22.6 Å². The summed E-state index contributed by atoms with van der Waals surface area (Å²) in [6.07, 6.45) is 2.70. The molecule has 1 aliphatic rings. The first kappa shape index (κ1) is 14.0. The van der Waals surface area contributed by atoms with Crippen molar-refractivity contribution in [1.82, 2.24) is 9.55 Å². The fourth-order valence-corrected chi connectivity index (χ4v) is 3.31. The van der Waals surface area contributed by atoms with Crippen LogP contribution in [0.3, 0.4) is 0 Å². The molecule has 0 spiro atoms. The van der Waals surface area contributed by atoms with Crippen LogP contribution in [-0.2, 0) is 17.8 Å². The van der Waals surface area contributed by atoms with Crippen LogP contribution in [0.4, 0.5) is 5.69 Å². The van der Waals surface area contributed by atoms with E-state index in [2.05, 4.69) is 43.1 Å². The molecule has 1 amide bonds. The number of hydrogen-bond acceptors (Lipinski definition) is 2. The molecule has 1 aliphatic heterocycles. The quantitative estimate of drug-likeness (QED) is 0.729. The molecule has 4 nitrogen and oxygen atoms in total. The van der Waals surface area contributed by atoms with Crippen molar-refractivity contribution < 1.29 is 4.79 Å². The van der Waals surface area contributed by atoms with E-state index in [-0.39, 0.29) is 5.91 Å². The lowest BCUT2D eigenvalue weighted by Gasteiger charge is -2.18. The highest BCUT2D eigenvalue weighted by Gasteiger charge is 2.24. The van der Waals surface area contributed by atoms with E-state index in [0.717, 1.165) is 29.7 Å². The third-order valence-electron chi connectivity index (χ3n) is 4.51. The highest BCUT2D eigenvalue weighted by Crippen LogP contribution is 2.29. The second-order valence-electron chi connectivity index (χ2n) is 6.29. The molecule has 116 valence electrons. The number of imidazole rings is 1. The number of fused-ring (bicyclic) bond motifs is 2. The number of rotatable bonds is 2. The van der Waals surface area contributed by atoms with Gasteiger partial charge < -0.3 is 9.47 Å². The maximum Gasteiger partial charge on any atom is 0.246 e. The molecule has 0 saturated carbocycles. The van der Waals surface area contributed by atoms with Crippen LogP contribution >= 0.6 is 0 Å². The number of amides is 1. The van der Waals surface area contributed by atoms with Crippen molar-refractivity contribution in [2.75, 3.05) is 11.4 Å². The average molecular weight is 305 g/mol. The highest BCUT2D eigenvalue weighted by atomic mass is 16.2. The zero-order valence-electron chi connectivity index (χ0n) is 13.4. The van der Waals surface area contributed by atoms with Crippen molar-refractivity contribution in [3.05, 3.63) is 59.4 Å². The number of anilines is 1. The van der Waals surface area contributed by atoms with Gasteiger partial charge in [-0.2, -0.15) is 0 Å². The summed E-state index contributed by atoms with van der Waals surface area (Å²) in [5.74, 6) is 0.119. The zero-order chi connectivity index (χ0) is 16.0. The number of nitrogens with zero attached hydrogens (tertiary/aromatic N) is 3. The number of aryl methyl sites for hydroxylation is 2. The molecule has 2 heterocycles. The Hall–Kier alpha value is -2.62. The van der Waals surface area contributed by atoms with Crippen molar-refractivity contribution in [2.45, 2.75) is 26.8 Å². The van der Waals surface area contributed by atoms with Gasteiger partial charge in [0.25, 0.3) is 0 Å². The van der Waals surface area contributed by atoms with E-state index >= 15 is 0 Å². The molecule has 0 saturated heterocycles. The minimum Gasteiger partial charge on any atom is -0.321 e. The van der Waals surface area contributed by atoms with E-state index in [0.29, 0.717) is 6.54 Å². The van der Waals surface area contributed by atoms with Gasteiger partial charge in [0, 0.05) is 12.2 Å². The first-order chi connectivity index (χ1) is 11.1. The molecular weight excluding hydrogens is 286 g/mol. The molecule has 0 aliphatic carbocycles. The van der Waals surface area contributed by atoms with E-state index in [4.69, 9.17) is 0 Å². The fraction of sp³-hybridized carbons (Fsp3) is 0.263. The van der Waals surface area contributed by atoms with Crippen LogP contribution in [0.2, 0.25) is 0 Å². The van der Waals surface area contributed by atoms with Gasteiger partial charge in [-0.3, -0.25) is 4.79 Å². The molecule has 1 aromatic heterocycles. The lowest BCUT2D eigenvalue weighted by Crippen LogP contribution is -2.32. The summed E-state index contributed by atoms with van der Waals surface area (Å²) >= 11 is 0.